The summed E-state index contributed by atoms with van der Waals surface area (Å²) in [6, 6.07) is 4.31. The van der Waals surface area contributed by atoms with Gasteiger partial charge in [-0.1, -0.05) is 0 Å². The molecule has 2 heterocycles. The first kappa shape index (κ1) is 16.2. The first-order valence-electron chi connectivity index (χ1n) is 7.86. The van der Waals surface area contributed by atoms with E-state index in [0.29, 0.717) is 25.3 Å². The Morgan fingerprint density at radius 2 is 2.26 bits per heavy atom. The van der Waals surface area contributed by atoms with Crippen LogP contribution < -0.4 is 4.74 Å². The zero-order valence-corrected chi connectivity index (χ0v) is 13.5. The third-order valence-electron chi connectivity index (χ3n) is 4.73. The molecule has 2 fully saturated rings. The van der Waals surface area contributed by atoms with Gasteiger partial charge in [-0.15, -0.1) is 0 Å². The molecule has 0 aromatic heterocycles. The number of hydrogen-bond acceptors (Lipinski definition) is 4. The summed E-state index contributed by atoms with van der Waals surface area (Å²) in [6.45, 7) is 1.75. The van der Waals surface area contributed by atoms with Crippen LogP contribution in [-0.4, -0.2) is 56.4 Å². The van der Waals surface area contributed by atoms with Crippen LogP contribution in [0.4, 0.5) is 4.39 Å². The van der Waals surface area contributed by atoms with E-state index in [1.54, 1.807) is 18.1 Å². The van der Waals surface area contributed by atoms with Crippen molar-refractivity contribution in [1.29, 1.82) is 0 Å². The fraction of sp³-hybridized carbons (Fsp3) is 0.588. The zero-order valence-electron chi connectivity index (χ0n) is 13.5. The summed E-state index contributed by atoms with van der Waals surface area (Å²) in [6.07, 6.45) is 2.68. The Morgan fingerprint density at radius 1 is 1.43 bits per heavy atom. The molecule has 5 nitrogen and oxygen atoms in total. The van der Waals surface area contributed by atoms with E-state index in [1.807, 2.05) is 0 Å². The van der Waals surface area contributed by atoms with E-state index in [1.165, 1.54) is 19.2 Å². The van der Waals surface area contributed by atoms with Crippen molar-refractivity contribution in [3.63, 3.8) is 0 Å². The standard InChI is InChI=1S/C17H22FNO4/c1-21-13-9-17(23-10-13)6-3-7-19(11-17)16(20)12-4-5-15(22-2)14(18)8-12/h4-5,8,13H,3,6-7,9-11H2,1-2H3/t13-,17+/m1/s1. The van der Waals surface area contributed by atoms with Crippen LogP contribution in [-0.2, 0) is 9.47 Å². The summed E-state index contributed by atoms with van der Waals surface area (Å²) in [5.41, 5.74) is 0.0150. The highest BCUT2D eigenvalue weighted by molar-refractivity contribution is 5.94. The number of piperidine rings is 1. The molecule has 2 saturated heterocycles. The van der Waals surface area contributed by atoms with Crippen LogP contribution in [0.15, 0.2) is 18.2 Å². The third kappa shape index (κ3) is 3.19. The van der Waals surface area contributed by atoms with Gasteiger partial charge in [0, 0.05) is 25.6 Å². The maximum Gasteiger partial charge on any atom is 0.254 e. The van der Waals surface area contributed by atoms with Crippen LogP contribution in [0.2, 0.25) is 0 Å². The molecule has 2 atom stereocenters. The first-order valence-corrected chi connectivity index (χ1v) is 7.86. The van der Waals surface area contributed by atoms with Gasteiger partial charge in [0.15, 0.2) is 11.6 Å². The summed E-state index contributed by atoms with van der Waals surface area (Å²) < 4.78 is 30.0. The number of carbonyl (C=O) groups is 1. The average molecular weight is 323 g/mol. The monoisotopic (exact) mass is 323 g/mol. The van der Waals surface area contributed by atoms with Crippen LogP contribution in [0.3, 0.4) is 0 Å². The molecule has 1 aromatic rings. The summed E-state index contributed by atoms with van der Waals surface area (Å²) in [4.78, 5) is 14.4. The van der Waals surface area contributed by atoms with Gasteiger partial charge in [-0.05, 0) is 31.0 Å². The fourth-order valence-electron chi connectivity index (χ4n) is 3.49. The molecule has 2 aliphatic heterocycles. The van der Waals surface area contributed by atoms with Crippen molar-refractivity contribution in [2.75, 3.05) is 33.9 Å². The van der Waals surface area contributed by atoms with E-state index >= 15 is 0 Å². The summed E-state index contributed by atoms with van der Waals surface area (Å²) in [5.74, 6) is -0.560. The average Bonchev–Trinajstić information content (AvgIpc) is 2.96. The molecule has 0 unspecified atom stereocenters. The van der Waals surface area contributed by atoms with Crippen molar-refractivity contribution >= 4 is 5.91 Å². The Morgan fingerprint density at radius 3 is 2.91 bits per heavy atom. The van der Waals surface area contributed by atoms with Crippen molar-refractivity contribution in [3.05, 3.63) is 29.6 Å². The van der Waals surface area contributed by atoms with Crippen molar-refractivity contribution in [2.45, 2.75) is 31.0 Å². The van der Waals surface area contributed by atoms with Crippen molar-refractivity contribution in [1.82, 2.24) is 4.90 Å². The van der Waals surface area contributed by atoms with E-state index < -0.39 is 5.82 Å². The minimum absolute atomic E-state index is 0.0866. The molecule has 0 N–H and O–H groups in total. The van der Waals surface area contributed by atoms with E-state index in [2.05, 4.69) is 0 Å². The summed E-state index contributed by atoms with van der Waals surface area (Å²) >= 11 is 0. The number of amides is 1. The predicted octanol–water partition coefficient (Wildman–Crippen LogP) is 2.24. The van der Waals surface area contributed by atoms with Crippen molar-refractivity contribution in [3.8, 4) is 5.75 Å². The number of ether oxygens (including phenoxy) is 3. The normalized spacial score (nSPS) is 27.4. The highest BCUT2D eigenvalue weighted by Crippen LogP contribution is 2.36. The molecule has 126 valence electrons. The zero-order chi connectivity index (χ0) is 16.4. The molecule has 23 heavy (non-hydrogen) atoms. The Labute approximate surface area is 135 Å². The largest absolute Gasteiger partial charge is 0.494 e. The minimum Gasteiger partial charge on any atom is -0.494 e. The lowest BCUT2D eigenvalue weighted by molar-refractivity contribution is -0.0458. The van der Waals surface area contributed by atoms with Gasteiger partial charge in [-0.25, -0.2) is 4.39 Å². The SMILES string of the molecule is COc1ccc(C(=O)N2CCC[C@]3(C[C@@H](OC)CO3)C2)cc1F. The molecule has 0 radical (unpaired) electrons. The van der Waals surface area contributed by atoms with Gasteiger partial charge < -0.3 is 19.1 Å². The Hall–Kier alpha value is -1.66. The number of benzene rings is 1. The third-order valence-corrected chi connectivity index (χ3v) is 4.73. The van der Waals surface area contributed by atoms with E-state index in [0.717, 1.165) is 19.3 Å². The summed E-state index contributed by atoms with van der Waals surface area (Å²) in [7, 11) is 3.08. The predicted molar refractivity (Wildman–Crippen MR) is 82.2 cm³/mol. The highest BCUT2D eigenvalue weighted by atomic mass is 19.1. The van der Waals surface area contributed by atoms with Crippen molar-refractivity contribution < 1.29 is 23.4 Å². The number of nitrogens with zero attached hydrogens (tertiary/aromatic N) is 1. The number of likely N-dealkylation sites (tertiary alicyclic amines) is 1. The Kier molecular flexibility index (Phi) is 4.55. The lowest BCUT2D eigenvalue weighted by Crippen LogP contribution is -2.50. The van der Waals surface area contributed by atoms with Gasteiger partial charge in [0.2, 0.25) is 0 Å². The maximum atomic E-state index is 13.8. The van der Waals surface area contributed by atoms with Crippen LogP contribution in [0.1, 0.15) is 29.6 Å². The Balaban J connectivity index is 1.73. The maximum absolute atomic E-state index is 13.8. The molecule has 0 aliphatic carbocycles. The molecule has 2 aliphatic rings. The molecule has 1 spiro atoms. The van der Waals surface area contributed by atoms with Gasteiger partial charge in [0.05, 0.1) is 32.0 Å². The molecule has 6 heteroatoms. The number of methoxy groups -OCH3 is 2. The Bertz CT molecular complexity index is 594. The van der Waals surface area contributed by atoms with E-state index in [9.17, 15) is 9.18 Å². The topological polar surface area (TPSA) is 48.0 Å². The molecule has 0 bridgehead atoms. The quantitative estimate of drug-likeness (QED) is 0.856. The van der Waals surface area contributed by atoms with Gasteiger partial charge >= 0.3 is 0 Å². The van der Waals surface area contributed by atoms with Crippen LogP contribution in [0.25, 0.3) is 0 Å². The lowest BCUT2D eigenvalue weighted by atomic mass is 9.89. The number of hydrogen-bond donors (Lipinski definition) is 0. The van der Waals surface area contributed by atoms with Crippen LogP contribution in [0, 0.1) is 5.82 Å². The summed E-state index contributed by atoms with van der Waals surface area (Å²) in [5, 5.41) is 0. The van der Waals surface area contributed by atoms with Gasteiger partial charge in [0.1, 0.15) is 0 Å². The first-order chi connectivity index (χ1) is 11.1. The van der Waals surface area contributed by atoms with Gasteiger partial charge in [-0.3, -0.25) is 4.79 Å². The fourth-order valence-corrected chi connectivity index (χ4v) is 3.49. The van der Waals surface area contributed by atoms with Crippen LogP contribution >= 0.6 is 0 Å². The van der Waals surface area contributed by atoms with Crippen molar-refractivity contribution in [2.24, 2.45) is 0 Å². The lowest BCUT2D eigenvalue weighted by Gasteiger charge is -2.39. The molecule has 1 amide bonds. The molecule has 0 saturated carbocycles. The molecular formula is C17H22FNO4. The number of carbonyl (C=O) groups excluding carboxylic acids is 1. The minimum atomic E-state index is -0.526. The second kappa shape index (κ2) is 6.45. The second-order valence-corrected chi connectivity index (χ2v) is 6.24. The van der Waals surface area contributed by atoms with Gasteiger partial charge in [0.25, 0.3) is 5.91 Å². The molecule has 3 rings (SSSR count). The molecular weight excluding hydrogens is 301 g/mol. The second-order valence-electron chi connectivity index (χ2n) is 6.24. The highest BCUT2D eigenvalue weighted by Gasteiger charge is 2.44. The van der Waals surface area contributed by atoms with Crippen LogP contribution in [0.5, 0.6) is 5.75 Å². The smallest absolute Gasteiger partial charge is 0.254 e. The molecule has 1 aromatic carbocycles. The van der Waals surface area contributed by atoms with Gasteiger partial charge in [-0.2, -0.15) is 0 Å². The number of rotatable bonds is 3. The number of halogens is 1. The van der Waals surface area contributed by atoms with E-state index in [-0.39, 0.29) is 23.4 Å². The van der Waals surface area contributed by atoms with E-state index in [4.69, 9.17) is 14.2 Å².